The van der Waals surface area contributed by atoms with Crippen LogP contribution >= 0.6 is 0 Å². The zero-order valence-corrected chi connectivity index (χ0v) is 15.0. The molecule has 2 aromatic carbocycles. The molecule has 2 aliphatic heterocycles. The second-order valence-corrected chi connectivity index (χ2v) is 6.94. The van der Waals surface area contributed by atoms with E-state index in [-0.39, 0.29) is 17.7 Å². The lowest BCUT2D eigenvalue weighted by Gasteiger charge is -2.30. The van der Waals surface area contributed by atoms with Crippen LogP contribution in [0, 0.1) is 5.92 Å². The Hall–Kier alpha value is -3.48. The van der Waals surface area contributed by atoms with Crippen LogP contribution in [-0.2, 0) is 4.79 Å². The van der Waals surface area contributed by atoms with Crippen LogP contribution in [0.3, 0.4) is 0 Å². The van der Waals surface area contributed by atoms with E-state index in [1.54, 1.807) is 53.4 Å². The number of carbonyl (C=O) groups excluding carboxylic acids is 3. The maximum absolute atomic E-state index is 12.6. The Morgan fingerprint density at radius 1 is 0.857 bits per heavy atom. The molecule has 28 heavy (non-hydrogen) atoms. The van der Waals surface area contributed by atoms with Crippen LogP contribution < -0.4 is 4.90 Å². The summed E-state index contributed by atoms with van der Waals surface area (Å²) in [6.45, 7) is 0.798. The maximum Gasteiger partial charge on any atom is 0.306 e. The lowest BCUT2D eigenvalue weighted by molar-refractivity contribution is -0.143. The minimum absolute atomic E-state index is 0.183. The Kier molecular flexibility index (Phi) is 4.43. The number of amides is 3. The van der Waals surface area contributed by atoms with E-state index >= 15 is 0 Å². The minimum Gasteiger partial charge on any atom is -0.481 e. The van der Waals surface area contributed by atoms with Crippen molar-refractivity contribution in [3.05, 3.63) is 65.2 Å². The smallest absolute Gasteiger partial charge is 0.306 e. The fourth-order valence-electron chi connectivity index (χ4n) is 3.69. The van der Waals surface area contributed by atoms with Gasteiger partial charge in [0.25, 0.3) is 17.7 Å². The fraction of sp³-hybridized carbons (Fsp3) is 0.238. The van der Waals surface area contributed by atoms with Crippen LogP contribution in [0.4, 0.5) is 5.69 Å². The van der Waals surface area contributed by atoms with Crippen LogP contribution in [0.5, 0.6) is 0 Å². The number of hydrogen-bond donors (Lipinski definition) is 1. The van der Waals surface area contributed by atoms with Gasteiger partial charge in [-0.1, -0.05) is 12.1 Å². The third-order valence-corrected chi connectivity index (χ3v) is 5.30. The van der Waals surface area contributed by atoms with E-state index in [0.29, 0.717) is 48.3 Å². The van der Waals surface area contributed by atoms with Crippen molar-refractivity contribution in [1.82, 2.24) is 4.90 Å². The normalized spacial score (nSPS) is 17.0. The van der Waals surface area contributed by atoms with Gasteiger partial charge in [0.1, 0.15) is 0 Å². The molecule has 4 rings (SSSR count). The van der Waals surface area contributed by atoms with Crippen molar-refractivity contribution >= 4 is 29.4 Å². The highest BCUT2D eigenvalue weighted by Gasteiger charge is 2.36. The largest absolute Gasteiger partial charge is 0.481 e. The summed E-state index contributed by atoms with van der Waals surface area (Å²) in [6, 6.07) is 13.0. The molecule has 3 amide bonds. The molecule has 0 bridgehead atoms. The first-order valence-electron chi connectivity index (χ1n) is 9.07. The van der Waals surface area contributed by atoms with E-state index in [2.05, 4.69) is 0 Å². The molecule has 1 fully saturated rings. The SMILES string of the molecule is O=C(O)C1CCN(C(=O)c2ccc(N3C(=O)c4ccccc4C3=O)cc2)CC1. The standard InChI is InChI=1S/C21H18N2O5/c24-18(22-11-9-14(10-12-22)21(27)28)13-5-7-15(8-6-13)23-19(25)16-3-1-2-4-17(16)20(23)26/h1-8,14H,9-12H2,(H,27,28). The summed E-state index contributed by atoms with van der Waals surface area (Å²) in [4.78, 5) is 51.5. The molecule has 0 unspecified atom stereocenters. The Morgan fingerprint density at radius 3 is 1.89 bits per heavy atom. The average Bonchev–Trinajstić information content (AvgIpc) is 2.98. The number of hydrogen-bond acceptors (Lipinski definition) is 4. The van der Waals surface area contributed by atoms with Gasteiger partial charge < -0.3 is 10.0 Å². The molecule has 7 nitrogen and oxygen atoms in total. The number of carboxylic acid groups (broad SMARTS) is 1. The summed E-state index contributed by atoms with van der Waals surface area (Å²) in [5.41, 5.74) is 1.59. The highest BCUT2D eigenvalue weighted by molar-refractivity contribution is 6.34. The number of carboxylic acids is 1. The third-order valence-electron chi connectivity index (χ3n) is 5.30. The lowest BCUT2D eigenvalue weighted by Crippen LogP contribution is -2.40. The van der Waals surface area contributed by atoms with Gasteiger partial charge in [0, 0.05) is 18.7 Å². The molecule has 0 atom stereocenters. The van der Waals surface area contributed by atoms with Gasteiger partial charge >= 0.3 is 5.97 Å². The summed E-state index contributed by atoms with van der Waals surface area (Å²) >= 11 is 0. The number of carbonyl (C=O) groups is 4. The molecule has 1 N–H and O–H groups in total. The third kappa shape index (κ3) is 2.94. The van der Waals surface area contributed by atoms with Gasteiger partial charge in [0.2, 0.25) is 0 Å². The number of anilines is 1. The van der Waals surface area contributed by atoms with Gasteiger partial charge in [-0.15, -0.1) is 0 Å². The predicted molar refractivity (Wildman–Crippen MR) is 100 cm³/mol. The second kappa shape index (κ2) is 6.92. The number of nitrogens with zero attached hydrogens (tertiary/aromatic N) is 2. The molecule has 2 aromatic rings. The van der Waals surface area contributed by atoms with Crippen LogP contribution in [0.1, 0.15) is 43.9 Å². The number of fused-ring (bicyclic) bond motifs is 1. The first-order chi connectivity index (χ1) is 13.5. The number of piperidine rings is 1. The zero-order valence-electron chi connectivity index (χ0n) is 15.0. The van der Waals surface area contributed by atoms with Gasteiger partial charge in [0.15, 0.2) is 0 Å². The molecule has 0 spiro atoms. The van der Waals surface area contributed by atoms with Crippen molar-refractivity contribution in [3.8, 4) is 0 Å². The maximum atomic E-state index is 12.6. The molecule has 142 valence electrons. The molecule has 0 saturated carbocycles. The number of likely N-dealkylation sites (tertiary alicyclic amines) is 1. The van der Waals surface area contributed by atoms with Gasteiger partial charge in [-0.05, 0) is 49.2 Å². The predicted octanol–water partition coefficient (Wildman–Crippen LogP) is 2.42. The van der Waals surface area contributed by atoms with Crippen molar-refractivity contribution in [2.24, 2.45) is 5.92 Å². The highest BCUT2D eigenvalue weighted by atomic mass is 16.4. The minimum atomic E-state index is -0.822. The number of aliphatic carboxylic acids is 1. The molecular formula is C21H18N2O5. The fourth-order valence-corrected chi connectivity index (χ4v) is 3.69. The van der Waals surface area contributed by atoms with Gasteiger partial charge in [0.05, 0.1) is 22.7 Å². The lowest BCUT2D eigenvalue weighted by atomic mass is 9.96. The van der Waals surface area contributed by atoms with Gasteiger partial charge in [-0.25, -0.2) is 4.90 Å². The molecule has 0 aromatic heterocycles. The Morgan fingerprint density at radius 2 is 1.39 bits per heavy atom. The Labute approximate surface area is 161 Å². The van der Waals surface area contributed by atoms with Crippen molar-refractivity contribution in [2.45, 2.75) is 12.8 Å². The van der Waals surface area contributed by atoms with Crippen LogP contribution in [0.2, 0.25) is 0 Å². The molecule has 7 heteroatoms. The summed E-state index contributed by atoms with van der Waals surface area (Å²) in [7, 11) is 0. The molecular weight excluding hydrogens is 360 g/mol. The van der Waals surface area contributed by atoms with Crippen LogP contribution in [0.25, 0.3) is 0 Å². The monoisotopic (exact) mass is 378 g/mol. The van der Waals surface area contributed by atoms with E-state index in [0.717, 1.165) is 4.90 Å². The molecule has 1 saturated heterocycles. The van der Waals surface area contributed by atoms with E-state index in [4.69, 9.17) is 5.11 Å². The molecule has 0 aliphatic carbocycles. The van der Waals surface area contributed by atoms with Crippen molar-refractivity contribution in [3.63, 3.8) is 0 Å². The van der Waals surface area contributed by atoms with E-state index in [9.17, 15) is 19.2 Å². The number of benzene rings is 2. The molecule has 0 radical (unpaired) electrons. The molecule has 2 heterocycles. The second-order valence-electron chi connectivity index (χ2n) is 6.94. The summed E-state index contributed by atoms with van der Waals surface area (Å²) in [5, 5.41) is 9.06. The van der Waals surface area contributed by atoms with Crippen molar-refractivity contribution in [1.29, 1.82) is 0 Å². The van der Waals surface area contributed by atoms with E-state index in [1.165, 1.54) is 0 Å². The van der Waals surface area contributed by atoms with Crippen molar-refractivity contribution < 1.29 is 24.3 Å². The topological polar surface area (TPSA) is 95.0 Å². The number of imide groups is 1. The zero-order chi connectivity index (χ0) is 19.8. The van der Waals surface area contributed by atoms with Crippen LogP contribution in [-0.4, -0.2) is 46.8 Å². The Balaban J connectivity index is 1.49. The summed E-state index contributed by atoms with van der Waals surface area (Å²) in [5.74, 6) is -2.17. The van der Waals surface area contributed by atoms with E-state index in [1.807, 2.05) is 0 Å². The first kappa shape index (κ1) is 17.9. The van der Waals surface area contributed by atoms with E-state index < -0.39 is 11.9 Å². The average molecular weight is 378 g/mol. The quantitative estimate of drug-likeness (QED) is 0.828. The first-order valence-corrected chi connectivity index (χ1v) is 9.07. The van der Waals surface area contributed by atoms with Crippen molar-refractivity contribution in [2.75, 3.05) is 18.0 Å². The van der Waals surface area contributed by atoms with Gasteiger partial charge in [-0.2, -0.15) is 0 Å². The molecule has 2 aliphatic rings. The highest BCUT2D eigenvalue weighted by Crippen LogP contribution is 2.28. The van der Waals surface area contributed by atoms with Crippen LogP contribution in [0.15, 0.2) is 48.5 Å². The number of rotatable bonds is 3. The Bertz CT molecular complexity index is 940. The summed E-state index contributed by atoms with van der Waals surface area (Å²) < 4.78 is 0. The van der Waals surface area contributed by atoms with Gasteiger partial charge in [-0.3, -0.25) is 19.2 Å². The summed E-state index contributed by atoms with van der Waals surface area (Å²) in [6.07, 6.45) is 0.877.